The number of hydrogen-bond donors (Lipinski definition) is 1. The molecule has 0 spiro atoms. The number of para-hydroxylation sites is 1. The molecule has 4 rings (SSSR count). The number of pyridine rings is 1. The molecule has 1 saturated heterocycles. The molecule has 1 atom stereocenters. The van der Waals surface area contributed by atoms with E-state index in [2.05, 4.69) is 10.3 Å². The molecule has 6 heteroatoms. The van der Waals surface area contributed by atoms with Crippen LogP contribution in [0.4, 0.5) is 5.82 Å². The molecule has 0 saturated carbocycles. The second kappa shape index (κ2) is 7.70. The van der Waals surface area contributed by atoms with Crippen molar-refractivity contribution < 1.29 is 14.0 Å². The fraction of sp³-hybridized carbons (Fsp3) is 0.348. The van der Waals surface area contributed by atoms with Crippen molar-refractivity contribution in [2.24, 2.45) is 5.92 Å². The lowest BCUT2D eigenvalue weighted by Crippen LogP contribution is -2.43. The predicted octanol–water partition coefficient (Wildman–Crippen LogP) is 4.24. The van der Waals surface area contributed by atoms with Gasteiger partial charge in [0.15, 0.2) is 5.76 Å². The van der Waals surface area contributed by atoms with Gasteiger partial charge in [-0.05, 0) is 50.8 Å². The van der Waals surface area contributed by atoms with Crippen LogP contribution in [0, 0.1) is 26.7 Å². The van der Waals surface area contributed by atoms with Gasteiger partial charge in [-0.3, -0.25) is 9.59 Å². The first-order chi connectivity index (χ1) is 13.9. The Kier molecular flexibility index (Phi) is 5.09. The average Bonchev–Trinajstić information content (AvgIpc) is 3.07. The second-order valence-corrected chi connectivity index (χ2v) is 7.81. The van der Waals surface area contributed by atoms with Crippen LogP contribution in [0.15, 0.2) is 40.9 Å². The summed E-state index contributed by atoms with van der Waals surface area (Å²) in [5, 5.41) is 3.83. The highest BCUT2D eigenvalue weighted by Crippen LogP contribution is 2.29. The second-order valence-electron chi connectivity index (χ2n) is 7.81. The number of carbonyl (C=O) groups excluding carboxylic acids is 2. The molecule has 150 valence electrons. The standard InChI is InChI=1S/C23H25N3O3/c1-14-9-10-19(24-12-14)25-22(27)17-7-5-11-26(13-17)23(28)21-16(3)18-8-4-6-15(2)20(18)29-21/h4,6,8-10,12,17H,5,7,11,13H2,1-3H3,(H,24,25,27). The molecule has 2 aromatic heterocycles. The first-order valence-corrected chi connectivity index (χ1v) is 9.95. The zero-order valence-corrected chi connectivity index (χ0v) is 17.0. The Labute approximate surface area is 169 Å². The van der Waals surface area contributed by atoms with E-state index in [1.165, 1.54) is 0 Å². The summed E-state index contributed by atoms with van der Waals surface area (Å²) in [4.78, 5) is 31.8. The largest absolute Gasteiger partial charge is 0.450 e. The smallest absolute Gasteiger partial charge is 0.289 e. The molecule has 0 aliphatic carbocycles. The molecule has 1 N–H and O–H groups in total. The summed E-state index contributed by atoms with van der Waals surface area (Å²) in [5.74, 6) is 0.394. The maximum absolute atomic E-state index is 13.2. The van der Waals surface area contributed by atoms with E-state index in [1.807, 2.05) is 45.0 Å². The Morgan fingerprint density at radius 1 is 1.17 bits per heavy atom. The van der Waals surface area contributed by atoms with E-state index in [0.717, 1.165) is 40.5 Å². The lowest BCUT2D eigenvalue weighted by Gasteiger charge is -2.31. The number of hydrogen-bond acceptors (Lipinski definition) is 4. The highest BCUT2D eigenvalue weighted by Gasteiger charge is 2.31. The Hall–Kier alpha value is -3.15. The van der Waals surface area contributed by atoms with Crippen LogP contribution >= 0.6 is 0 Å². The summed E-state index contributed by atoms with van der Waals surface area (Å²) in [6.45, 7) is 6.84. The third-order valence-electron chi connectivity index (χ3n) is 5.60. The SMILES string of the molecule is Cc1ccc(NC(=O)C2CCCN(C(=O)c3oc4c(C)cccc4c3C)C2)nc1. The van der Waals surface area contributed by atoms with Crippen molar-refractivity contribution in [1.82, 2.24) is 9.88 Å². The summed E-state index contributed by atoms with van der Waals surface area (Å²) >= 11 is 0. The van der Waals surface area contributed by atoms with Crippen molar-refractivity contribution in [2.45, 2.75) is 33.6 Å². The van der Waals surface area contributed by atoms with Gasteiger partial charge in [-0.25, -0.2) is 4.98 Å². The minimum absolute atomic E-state index is 0.101. The number of furan rings is 1. The molecule has 2 amide bonds. The van der Waals surface area contributed by atoms with E-state index in [9.17, 15) is 9.59 Å². The fourth-order valence-corrected chi connectivity index (χ4v) is 3.88. The molecule has 29 heavy (non-hydrogen) atoms. The summed E-state index contributed by atoms with van der Waals surface area (Å²) in [6, 6.07) is 9.61. The van der Waals surface area contributed by atoms with E-state index in [-0.39, 0.29) is 17.7 Å². The van der Waals surface area contributed by atoms with Gasteiger partial charge in [-0.15, -0.1) is 0 Å². The van der Waals surface area contributed by atoms with E-state index >= 15 is 0 Å². The molecule has 1 fully saturated rings. The van der Waals surface area contributed by atoms with Crippen LogP contribution in [0.2, 0.25) is 0 Å². The van der Waals surface area contributed by atoms with Gasteiger partial charge in [0.05, 0.1) is 5.92 Å². The minimum atomic E-state index is -0.262. The molecule has 0 bridgehead atoms. The summed E-state index contributed by atoms with van der Waals surface area (Å²) in [7, 11) is 0. The van der Waals surface area contributed by atoms with Gasteiger partial charge in [0.2, 0.25) is 5.91 Å². The van der Waals surface area contributed by atoms with Gasteiger partial charge in [-0.1, -0.05) is 24.3 Å². The number of aryl methyl sites for hydroxylation is 3. The number of nitrogens with one attached hydrogen (secondary N) is 1. The van der Waals surface area contributed by atoms with Crippen LogP contribution in [0.25, 0.3) is 11.0 Å². The first-order valence-electron chi connectivity index (χ1n) is 9.95. The van der Waals surface area contributed by atoms with Gasteiger partial charge in [0, 0.05) is 30.2 Å². The van der Waals surface area contributed by atoms with Gasteiger partial charge in [0.25, 0.3) is 5.91 Å². The molecule has 1 aromatic carbocycles. The number of piperidine rings is 1. The predicted molar refractivity (Wildman–Crippen MR) is 112 cm³/mol. The van der Waals surface area contributed by atoms with Gasteiger partial charge in [0.1, 0.15) is 11.4 Å². The van der Waals surface area contributed by atoms with E-state index in [4.69, 9.17) is 4.42 Å². The fourth-order valence-electron chi connectivity index (χ4n) is 3.88. The summed E-state index contributed by atoms with van der Waals surface area (Å²) in [5.41, 5.74) is 3.65. The number of nitrogens with zero attached hydrogens (tertiary/aromatic N) is 2. The lowest BCUT2D eigenvalue weighted by molar-refractivity contribution is -0.121. The number of carbonyl (C=O) groups is 2. The highest BCUT2D eigenvalue weighted by atomic mass is 16.3. The van der Waals surface area contributed by atoms with Crippen molar-refractivity contribution in [1.29, 1.82) is 0 Å². The normalized spacial score (nSPS) is 16.8. The minimum Gasteiger partial charge on any atom is -0.450 e. The molecule has 1 aliphatic heterocycles. The highest BCUT2D eigenvalue weighted by molar-refractivity contribution is 6.00. The van der Waals surface area contributed by atoms with Crippen molar-refractivity contribution in [3.63, 3.8) is 0 Å². The molecule has 3 heterocycles. The monoisotopic (exact) mass is 391 g/mol. The Bertz CT molecular complexity index is 1070. The third kappa shape index (κ3) is 3.75. The molecule has 1 aliphatic rings. The maximum atomic E-state index is 13.2. The van der Waals surface area contributed by atoms with Gasteiger partial charge in [-0.2, -0.15) is 0 Å². The molecule has 0 radical (unpaired) electrons. The maximum Gasteiger partial charge on any atom is 0.289 e. The van der Waals surface area contributed by atoms with Crippen LogP contribution in [0.5, 0.6) is 0 Å². The van der Waals surface area contributed by atoms with Crippen molar-refractivity contribution in [2.75, 3.05) is 18.4 Å². The Morgan fingerprint density at radius 2 is 2.00 bits per heavy atom. The van der Waals surface area contributed by atoms with E-state index in [0.29, 0.717) is 24.7 Å². The zero-order chi connectivity index (χ0) is 20.5. The number of fused-ring (bicyclic) bond motifs is 1. The Balaban J connectivity index is 1.50. The van der Waals surface area contributed by atoms with Crippen LogP contribution in [-0.4, -0.2) is 34.8 Å². The summed E-state index contributed by atoms with van der Waals surface area (Å²) < 4.78 is 5.95. The quantitative estimate of drug-likeness (QED) is 0.724. The lowest BCUT2D eigenvalue weighted by atomic mass is 9.96. The van der Waals surface area contributed by atoms with Crippen LogP contribution in [-0.2, 0) is 4.79 Å². The van der Waals surface area contributed by atoms with Crippen molar-refractivity contribution in [3.8, 4) is 0 Å². The molecule has 1 unspecified atom stereocenters. The number of anilines is 1. The molecule has 6 nitrogen and oxygen atoms in total. The number of likely N-dealkylation sites (tertiary alicyclic amines) is 1. The first kappa shape index (κ1) is 19.2. The third-order valence-corrected chi connectivity index (χ3v) is 5.60. The zero-order valence-electron chi connectivity index (χ0n) is 17.0. The number of benzene rings is 1. The van der Waals surface area contributed by atoms with Crippen molar-refractivity contribution >= 4 is 28.6 Å². The van der Waals surface area contributed by atoms with Gasteiger partial charge >= 0.3 is 0 Å². The van der Waals surface area contributed by atoms with Crippen LogP contribution in [0.3, 0.4) is 0 Å². The molecular weight excluding hydrogens is 366 g/mol. The molecule has 3 aromatic rings. The number of aromatic nitrogens is 1. The van der Waals surface area contributed by atoms with Gasteiger partial charge < -0.3 is 14.6 Å². The topological polar surface area (TPSA) is 75.4 Å². The van der Waals surface area contributed by atoms with Crippen LogP contribution in [0.1, 0.15) is 40.1 Å². The Morgan fingerprint density at radius 3 is 2.72 bits per heavy atom. The molecular formula is C23H25N3O3. The van der Waals surface area contributed by atoms with E-state index < -0.39 is 0 Å². The number of amides is 2. The van der Waals surface area contributed by atoms with Crippen LogP contribution < -0.4 is 5.32 Å². The van der Waals surface area contributed by atoms with Crippen molar-refractivity contribution in [3.05, 3.63) is 59.0 Å². The summed E-state index contributed by atoms with van der Waals surface area (Å²) in [6.07, 6.45) is 3.25. The average molecular weight is 391 g/mol. The number of rotatable bonds is 3. The van der Waals surface area contributed by atoms with E-state index in [1.54, 1.807) is 17.2 Å².